The zero-order valence-corrected chi connectivity index (χ0v) is 13.8. The maximum Gasteiger partial charge on any atom is 0.317 e. The number of rotatable bonds is 4. The fourth-order valence-electron chi connectivity index (χ4n) is 3.00. The maximum atomic E-state index is 12.3. The van der Waals surface area contributed by atoms with Crippen molar-refractivity contribution in [3.8, 4) is 11.3 Å². The van der Waals surface area contributed by atoms with Crippen LogP contribution < -0.4 is 5.32 Å². The van der Waals surface area contributed by atoms with E-state index < -0.39 is 0 Å². The predicted octanol–water partition coefficient (Wildman–Crippen LogP) is 2.64. The van der Waals surface area contributed by atoms with Crippen LogP contribution in [0, 0.1) is 5.92 Å². The molecule has 1 aliphatic heterocycles. The lowest BCUT2D eigenvalue weighted by molar-refractivity contribution is 0.0738. The second-order valence-electron chi connectivity index (χ2n) is 6.30. The van der Waals surface area contributed by atoms with Gasteiger partial charge in [0.15, 0.2) is 5.76 Å². The summed E-state index contributed by atoms with van der Waals surface area (Å²) in [6.07, 6.45) is 1.50. The van der Waals surface area contributed by atoms with E-state index in [-0.39, 0.29) is 18.1 Å². The number of aliphatic hydroxyl groups is 1. The van der Waals surface area contributed by atoms with Gasteiger partial charge in [-0.1, -0.05) is 35.5 Å². The van der Waals surface area contributed by atoms with E-state index in [1.54, 1.807) is 11.8 Å². The monoisotopic (exact) mass is 329 g/mol. The van der Waals surface area contributed by atoms with Gasteiger partial charge in [-0.05, 0) is 19.8 Å². The number of amides is 2. The highest BCUT2D eigenvalue weighted by atomic mass is 16.5. The molecule has 24 heavy (non-hydrogen) atoms. The second kappa shape index (κ2) is 7.49. The summed E-state index contributed by atoms with van der Waals surface area (Å²) in [6.45, 7) is 3.43. The lowest BCUT2D eigenvalue weighted by Crippen LogP contribution is -2.47. The van der Waals surface area contributed by atoms with Crippen LogP contribution in [0.15, 0.2) is 40.9 Å². The number of hydrogen-bond acceptors (Lipinski definition) is 4. The van der Waals surface area contributed by atoms with Crippen LogP contribution in [0.2, 0.25) is 0 Å². The molecule has 6 nitrogen and oxygen atoms in total. The van der Waals surface area contributed by atoms with Crippen molar-refractivity contribution in [1.29, 1.82) is 0 Å². The van der Waals surface area contributed by atoms with Crippen LogP contribution in [0.5, 0.6) is 0 Å². The molecule has 1 fully saturated rings. The van der Waals surface area contributed by atoms with Crippen LogP contribution in [0.25, 0.3) is 11.3 Å². The van der Waals surface area contributed by atoms with E-state index in [9.17, 15) is 9.90 Å². The van der Waals surface area contributed by atoms with Crippen molar-refractivity contribution >= 4 is 6.03 Å². The molecule has 2 N–H and O–H groups in total. The lowest BCUT2D eigenvalue weighted by atomic mass is 9.94. The Hall–Kier alpha value is -2.34. The molecule has 2 heterocycles. The minimum atomic E-state index is -0.385. The molecule has 0 radical (unpaired) electrons. The Bertz CT molecular complexity index is 669. The van der Waals surface area contributed by atoms with E-state index in [1.165, 1.54) is 0 Å². The molecule has 2 atom stereocenters. The molecule has 0 aliphatic carbocycles. The van der Waals surface area contributed by atoms with Crippen molar-refractivity contribution < 1.29 is 14.4 Å². The van der Waals surface area contributed by atoms with Gasteiger partial charge in [0.25, 0.3) is 0 Å². The van der Waals surface area contributed by atoms with Crippen molar-refractivity contribution in [3.05, 3.63) is 42.1 Å². The molecular weight excluding hydrogens is 306 g/mol. The van der Waals surface area contributed by atoms with E-state index >= 15 is 0 Å². The normalized spacial score (nSPS) is 19.1. The first kappa shape index (κ1) is 16.5. The zero-order chi connectivity index (χ0) is 16.9. The zero-order valence-electron chi connectivity index (χ0n) is 13.8. The van der Waals surface area contributed by atoms with Crippen molar-refractivity contribution in [3.63, 3.8) is 0 Å². The summed E-state index contributed by atoms with van der Waals surface area (Å²) < 4.78 is 5.33. The highest BCUT2D eigenvalue weighted by Crippen LogP contribution is 2.21. The van der Waals surface area contributed by atoms with Crippen LogP contribution in [0.3, 0.4) is 0 Å². The van der Waals surface area contributed by atoms with Crippen molar-refractivity contribution in [2.75, 3.05) is 13.1 Å². The molecule has 2 amide bonds. The number of nitrogens with one attached hydrogen (secondary N) is 1. The molecular formula is C18H23N3O3. The third-order valence-corrected chi connectivity index (χ3v) is 4.47. The number of aliphatic hydroxyl groups excluding tert-OH is 1. The fraction of sp³-hybridized carbons (Fsp3) is 0.444. The SMILES string of the molecule is CC(O)C1CCCN(C(=O)NCc2cc(-c3ccccc3)on2)C1. The summed E-state index contributed by atoms with van der Waals surface area (Å²) in [5.41, 5.74) is 1.64. The van der Waals surface area contributed by atoms with Crippen LogP contribution in [-0.4, -0.2) is 40.4 Å². The molecule has 0 bridgehead atoms. The molecule has 1 aromatic carbocycles. The second-order valence-corrected chi connectivity index (χ2v) is 6.30. The van der Waals surface area contributed by atoms with Crippen molar-refractivity contribution in [2.45, 2.75) is 32.4 Å². The standard InChI is InChI=1S/C18H23N3O3/c1-13(22)15-8-5-9-21(12-15)18(23)19-11-16-10-17(24-20-16)14-6-3-2-4-7-14/h2-4,6-7,10,13,15,22H,5,8-9,11-12H2,1H3,(H,19,23). The molecule has 0 spiro atoms. The summed E-state index contributed by atoms with van der Waals surface area (Å²) >= 11 is 0. The minimum absolute atomic E-state index is 0.121. The van der Waals surface area contributed by atoms with Gasteiger partial charge < -0.3 is 19.8 Å². The quantitative estimate of drug-likeness (QED) is 0.904. The van der Waals surface area contributed by atoms with Gasteiger partial charge in [0, 0.05) is 30.6 Å². The van der Waals surface area contributed by atoms with Crippen molar-refractivity contribution in [2.24, 2.45) is 5.92 Å². The Kier molecular flexibility index (Phi) is 5.15. The molecule has 3 rings (SSSR count). The first-order valence-electron chi connectivity index (χ1n) is 8.35. The highest BCUT2D eigenvalue weighted by Gasteiger charge is 2.26. The van der Waals surface area contributed by atoms with Crippen LogP contribution >= 0.6 is 0 Å². The van der Waals surface area contributed by atoms with Crippen LogP contribution in [0.1, 0.15) is 25.5 Å². The summed E-state index contributed by atoms with van der Waals surface area (Å²) in [4.78, 5) is 14.1. The summed E-state index contributed by atoms with van der Waals surface area (Å²) in [5.74, 6) is 0.841. The number of benzene rings is 1. The first-order valence-corrected chi connectivity index (χ1v) is 8.35. The van der Waals surface area contributed by atoms with E-state index in [1.807, 2.05) is 36.4 Å². The summed E-state index contributed by atoms with van der Waals surface area (Å²) in [6, 6.07) is 11.4. The number of urea groups is 1. The third-order valence-electron chi connectivity index (χ3n) is 4.47. The predicted molar refractivity (Wildman–Crippen MR) is 90.2 cm³/mol. The number of nitrogens with zero attached hydrogens (tertiary/aromatic N) is 2. The van der Waals surface area contributed by atoms with Gasteiger partial charge >= 0.3 is 6.03 Å². The van der Waals surface area contributed by atoms with Gasteiger partial charge in [-0.3, -0.25) is 0 Å². The first-order chi connectivity index (χ1) is 11.6. The number of carbonyl (C=O) groups excluding carboxylic acids is 1. The largest absolute Gasteiger partial charge is 0.393 e. The number of hydrogen-bond donors (Lipinski definition) is 2. The third kappa shape index (κ3) is 3.94. The van der Waals surface area contributed by atoms with E-state index in [0.717, 1.165) is 24.9 Å². The van der Waals surface area contributed by atoms with Gasteiger partial charge in [0.2, 0.25) is 0 Å². The Labute approximate surface area is 141 Å². The number of likely N-dealkylation sites (tertiary alicyclic amines) is 1. The highest BCUT2D eigenvalue weighted by molar-refractivity contribution is 5.74. The van der Waals surface area contributed by atoms with Crippen molar-refractivity contribution in [1.82, 2.24) is 15.4 Å². The molecule has 1 aliphatic rings. The molecule has 6 heteroatoms. The van der Waals surface area contributed by atoms with Crippen LogP contribution in [-0.2, 0) is 6.54 Å². The number of piperidine rings is 1. The maximum absolute atomic E-state index is 12.3. The van der Waals surface area contributed by atoms with Gasteiger partial charge in [-0.2, -0.15) is 0 Å². The number of aromatic nitrogens is 1. The van der Waals surface area contributed by atoms with Gasteiger partial charge in [-0.15, -0.1) is 0 Å². The Balaban J connectivity index is 1.54. The molecule has 1 aromatic heterocycles. The lowest BCUT2D eigenvalue weighted by Gasteiger charge is -2.34. The van der Waals surface area contributed by atoms with Gasteiger partial charge in [0.1, 0.15) is 5.69 Å². The average Bonchev–Trinajstić information content (AvgIpc) is 3.09. The fourth-order valence-corrected chi connectivity index (χ4v) is 3.00. The Morgan fingerprint density at radius 1 is 1.46 bits per heavy atom. The number of carbonyl (C=O) groups is 1. The van der Waals surface area contributed by atoms with Gasteiger partial charge in [0.05, 0.1) is 12.6 Å². The topological polar surface area (TPSA) is 78.6 Å². The molecule has 2 aromatic rings. The average molecular weight is 329 g/mol. The molecule has 0 saturated carbocycles. The Morgan fingerprint density at radius 3 is 3.00 bits per heavy atom. The smallest absolute Gasteiger partial charge is 0.317 e. The summed E-state index contributed by atoms with van der Waals surface area (Å²) in [7, 11) is 0. The van der Waals surface area contributed by atoms with E-state index in [4.69, 9.17) is 4.52 Å². The molecule has 2 unspecified atom stereocenters. The van der Waals surface area contributed by atoms with Crippen LogP contribution in [0.4, 0.5) is 4.79 Å². The van der Waals surface area contributed by atoms with Gasteiger partial charge in [-0.25, -0.2) is 4.79 Å². The minimum Gasteiger partial charge on any atom is -0.393 e. The van der Waals surface area contributed by atoms with E-state index in [0.29, 0.717) is 24.5 Å². The van der Waals surface area contributed by atoms with E-state index in [2.05, 4.69) is 10.5 Å². The molecule has 1 saturated heterocycles. The molecule has 128 valence electrons. The summed E-state index contributed by atoms with van der Waals surface area (Å²) in [5, 5.41) is 16.6. The Morgan fingerprint density at radius 2 is 2.25 bits per heavy atom.